The van der Waals surface area contributed by atoms with Crippen molar-refractivity contribution < 1.29 is 27.8 Å². The fraction of sp³-hybridized carbons (Fsp3) is 0.483. The summed E-state index contributed by atoms with van der Waals surface area (Å²) in [5.41, 5.74) is 8.26. The number of rotatable bonds is 9. The lowest BCUT2D eigenvalue weighted by Crippen LogP contribution is -2.45. The number of morpholine rings is 1. The van der Waals surface area contributed by atoms with Gasteiger partial charge >= 0.3 is 0 Å². The van der Waals surface area contributed by atoms with Crippen molar-refractivity contribution in [2.45, 2.75) is 38.1 Å². The standard InChI is InChI=1S/C29H35F2N5O4/c1-18(32)20(16-33-7-4-8-35-9-11-40-12-10-35)22-13-21-19(15-34-22)17-36(28(37)29(21)5-6-29)27-25(30)23(38-2)14-24(39-3)26(27)31/h13-16H,4-12,17,32H2,1-3H3. The second-order valence-electron chi connectivity index (χ2n) is 10.4. The van der Waals surface area contributed by atoms with Crippen LogP contribution in [-0.2, 0) is 21.5 Å². The number of carbonyl (C=O) groups is 1. The Morgan fingerprint density at radius 2 is 1.85 bits per heavy atom. The first-order valence-corrected chi connectivity index (χ1v) is 13.5. The molecule has 11 heteroatoms. The molecular formula is C29H35F2N5O4. The lowest BCUT2D eigenvalue weighted by Gasteiger charge is -2.35. The van der Waals surface area contributed by atoms with Crippen molar-refractivity contribution in [2.24, 2.45) is 10.7 Å². The number of halogens is 2. The maximum atomic E-state index is 15.3. The summed E-state index contributed by atoms with van der Waals surface area (Å²) in [4.78, 5) is 26.5. The Morgan fingerprint density at radius 3 is 2.45 bits per heavy atom. The minimum Gasteiger partial charge on any atom is -0.493 e. The number of anilines is 1. The van der Waals surface area contributed by atoms with Gasteiger partial charge in [0.2, 0.25) is 5.91 Å². The number of methoxy groups -OCH3 is 2. The van der Waals surface area contributed by atoms with Crippen LogP contribution in [0.2, 0.25) is 0 Å². The summed E-state index contributed by atoms with van der Waals surface area (Å²) >= 11 is 0. The molecule has 5 rings (SSSR count). The SMILES string of the molecule is COc1cc(OC)c(F)c(N2Cc3cnc(C(C=NCCCN4CCOCC4)=C(C)N)cc3C3(CC3)C2=O)c1F. The molecule has 0 atom stereocenters. The van der Waals surface area contributed by atoms with E-state index in [0.717, 1.165) is 61.4 Å². The summed E-state index contributed by atoms with van der Waals surface area (Å²) < 4.78 is 46.2. The minimum atomic E-state index is -0.952. The minimum absolute atomic E-state index is 0.0381. The van der Waals surface area contributed by atoms with Crippen LogP contribution in [0.25, 0.3) is 5.57 Å². The molecule has 1 spiro atoms. The van der Waals surface area contributed by atoms with E-state index in [0.29, 0.717) is 36.4 Å². The smallest absolute Gasteiger partial charge is 0.238 e. The highest BCUT2D eigenvalue weighted by Crippen LogP contribution is 2.55. The number of pyridine rings is 1. The molecule has 1 saturated heterocycles. The van der Waals surface area contributed by atoms with Crippen LogP contribution in [-0.4, -0.2) is 75.6 Å². The lowest BCUT2D eigenvalue weighted by atomic mass is 9.85. The molecule has 1 aromatic carbocycles. The molecule has 214 valence electrons. The van der Waals surface area contributed by atoms with Gasteiger partial charge in [0.15, 0.2) is 23.1 Å². The summed E-state index contributed by atoms with van der Waals surface area (Å²) in [7, 11) is 2.55. The van der Waals surface area contributed by atoms with Crippen molar-refractivity contribution in [1.82, 2.24) is 9.88 Å². The van der Waals surface area contributed by atoms with E-state index in [-0.39, 0.29) is 24.0 Å². The first kappa shape index (κ1) is 28.0. The van der Waals surface area contributed by atoms with Gasteiger partial charge in [0, 0.05) is 55.9 Å². The van der Waals surface area contributed by atoms with Crippen molar-refractivity contribution in [3.63, 3.8) is 0 Å². The molecule has 1 aliphatic carbocycles. The molecule has 2 aromatic rings. The second-order valence-corrected chi connectivity index (χ2v) is 10.4. The number of fused-ring (bicyclic) bond motifs is 2. The van der Waals surface area contributed by atoms with Crippen molar-refractivity contribution in [3.8, 4) is 11.5 Å². The van der Waals surface area contributed by atoms with E-state index in [1.54, 1.807) is 19.3 Å². The Balaban J connectivity index is 1.40. The number of hydrogen-bond acceptors (Lipinski definition) is 8. The van der Waals surface area contributed by atoms with E-state index in [9.17, 15) is 4.79 Å². The predicted octanol–water partition coefficient (Wildman–Crippen LogP) is 3.44. The van der Waals surface area contributed by atoms with Crippen LogP contribution in [0.4, 0.5) is 14.5 Å². The van der Waals surface area contributed by atoms with E-state index < -0.39 is 22.7 Å². The van der Waals surface area contributed by atoms with Gasteiger partial charge in [-0.1, -0.05) is 0 Å². The fourth-order valence-electron chi connectivity index (χ4n) is 5.45. The van der Waals surface area contributed by atoms with Gasteiger partial charge in [-0.15, -0.1) is 0 Å². The van der Waals surface area contributed by atoms with Crippen molar-refractivity contribution in [1.29, 1.82) is 0 Å². The first-order chi connectivity index (χ1) is 19.3. The second kappa shape index (κ2) is 11.5. The number of amides is 1. The highest BCUT2D eigenvalue weighted by atomic mass is 19.1. The number of hydrogen-bond donors (Lipinski definition) is 1. The molecule has 40 heavy (non-hydrogen) atoms. The number of benzene rings is 1. The van der Waals surface area contributed by atoms with Gasteiger partial charge in [0.05, 0.1) is 45.1 Å². The third-order valence-corrected chi connectivity index (χ3v) is 7.84. The van der Waals surface area contributed by atoms with Gasteiger partial charge < -0.3 is 24.8 Å². The first-order valence-electron chi connectivity index (χ1n) is 13.5. The summed E-state index contributed by atoms with van der Waals surface area (Å²) in [6, 6.07) is 3.01. The number of aromatic nitrogens is 1. The zero-order valence-electron chi connectivity index (χ0n) is 23.1. The number of allylic oxidation sites excluding steroid dienone is 2. The van der Waals surface area contributed by atoms with E-state index in [4.69, 9.17) is 19.9 Å². The van der Waals surface area contributed by atoms with Crippen LogP contribution in [0.3, 0.4) is 0 Å². The van der Waals surface area contributed by atoms with Crippen LogP contribution in [0.15, 0.2) is 29.0 Å². The monoisotopic (exact) mass is 555 g/mol. The van der Waals surface area contributed by atoms with Crippen LogP contribution in [0, 0.1) is 11.6 Å². The molecule has 1 aromatic heterocycles. The third-order valence-electron chi connectivity index (χ3n) is 7.84. The van der Waals surface area contributed by atoms with Crippen molar-refractivity contribution in [3.05, 3.63) is 52.5 Å². The number of carbonyl (C=O) groups excluding carboxylic acids is 1. The molecule has 0 bridgehead atoms. The van der Waals surface area contributed by atoms with Gasteiger partial charge in [0.1, 0.15) is 5.69 Å². The molecule has 0 radical (unpaired) electrons. The normalized spacial score (nSPS) is 19.1. The zero-order valence-corrected chi connectivity index (χ0v) is 23.1. The van der Waals surface area contributed by atoms with Crippen LogP contribution in [0.5, 0.6) is 11.5 Å². The number of ether oxygens (including phenoxy) is 3. The van der Waals surface area contributed by atoms with E-state index in [1.807, 2.05) is 6.07 Å². The van der Waals surface area contributed by atoms with Gasteiger partial charge in [-0.3, -0.25) is 19.7 Å². The largest absolute Gasteiger partial charge is 0.493 e. The topological polar surface area (TPSA) is 103 Å². The Morgan fingerprint density at radius 1 is 1.18 bits per heavy atom. The maximum absolute atomic E-state index is 15.3. The highest BCUT2D eigenvalue weighted by Gasteiger charge is 2.57. The molecule has 2 fully saturated rings. The average Bonchev–Trinajstić information content (AvgIpc) is 3.76. The summed E-state index contributed by atoms with van der Waals surface area (Å²) in [5.74, 6) is -2.68. The summed E-state index contributed by atoms with van der Waals surface area (Å²) in [5, 5.41) is 0. The number of nitrogens with zero attached hydrogens (tertiary/aromatic N) is 4. The lowest BCUT2D eigenvalue weighted by molar-refractivity contribution is -0.121. The Kier molecular flexibility index (Phi) is 8.04. The van der Waals surface area contributed by atoms with Crippen LogP contribution >= 0.6 is 0 Å². The molecule has 2 aliphatic heterocycles. The highest BCUT2D eigenvalue weighted by molar-refractivity contribution is 6.10. The third kappa shape index (κ3) is 5.15. The molecule has 9 nitrogen and oxygen atoms in total. The maximum Gasteiger partial charge on any atom is 0.238 e. The Bertz CT molecular complexity index is 1320. The van der Waals surface area contributed by atoms with Gasteiger partial charge in [0.25, 0.3) is 0 Å². The van der Waals surface area contributed by atoms with Crippen molar-refractivity contribution in [2.75, 3.05) is 58.5 Å². The van der Waals surface area contributed by atoms with E-state index in [1.165, 1.54) is 14.2 Å². The van der Waals surface area contributed by atoms with Crippen molar-refractivity contribution >= 4 is 23.4 Å². The summed E-state index contributed by atoms with van der Waals surface area (Å²) in [6.07, 6.45) is 5.46. The van der Waals surface area contributed by atoms with Gasteiger partial charge in [-0.2, -0.15) is 0 Å². The Labute approximate surface area is 232 Å². The summed E-state index contributed by atoms with van der Waals surface area (Å²) in [6.45, 7) is 6.79. The quantitative estimate of drug-likeness (QED) is 0.374. The van der Waals surface area contributed by atoms with E-state index in [2.05, 4.69) is 14.9 Å². The van der Waals surface area contributed by atoms with Crippen LogP contribution < -0.4 is 20.1 Å². The van der Waals surface area contributed by atoms with Gasteiger partial charge in [-0.25, -0.2) is 8.78 Å². The molecule has 1 saturated carbocycles. The Hall–Kier alpha value is -3.57. The zero-order chi connectivity index (χ0) is 28.4. The molecular weight excluding hydrogens is 520 g/mol. The molecule has 1 amide bonds. The van der Waals surface area contributed by atoms with E-state index >= 15 is 8.78 Å². The molecule has 3 heterocycles. The predicted molar refractivity (Wildman–Crippen MR) is 148 cm³/mol. The number of nitrogens with two attached hydrogens (primary N) is 1. The van der Waals surface area contributed by atoms with Gasteiger partial charge in [-0.05, 0) is 43.4 Å². The molecule has 0 unspecified atom stereocenters. The molecule has 2 N–H and O–H groups in total. The fourth-order valence-corrected chi connectivity index (χ4v) is 5.45. The number of aliphatic imine (C=N–C) groups is 1. The average molecular weight is 556 g/mol. The van der Waals surface area contributed by atoms with Crippen LogP contribution in [0.1, 0.15) is 43.0 Å². The molecule has 3 aliphatic rings.